The van der Waals surface area contributed by atoms with Crippen LogP contribution < -0.4 is 0 Å². The van der Waals surface area contributed by atoms with Crippen LogP contribution in [0.2, 0.25) is 0 Å². The van der Waals surface area contributed by atoms with E-state index in [-0.39, 0.29) is 29.4 Å². The molecular formula is C2H4BrClO4. The molecule has 0 amide bonds. The van der Waals surface area contributed by atoms with Gasteiger partial charge >= 0.3 is 11.9 Å². The van der Waals surface area contributed by atoms with E-state index in [0.717, 1.165) is 0 Å². The third-order valence-electron chi connectivity index (χ3n) is 0.183. The van der Waals surface area contributed by atoms with Crippen molar-refractivity contribution in [1.82, 2.24) is 0 Å². The quantitative estimate of drug-likeness (QED) is 0.555. The molecule has 2 N–H and O–H groups in total. The predicted molar refractivity (Wildman–Crippen MR) is 32.8 cm³/mol. The highest BCUT2D eigenvalue weighted by Crippen LogP contribution is 1.56. The molecule has 0 atom stereocenters. The van der Waals surface area contributed by atoms with E-state index in [4.69, 9.17) is 19.8 Å². The number of carboxylic acids is 2. The molecule has 0 aromatic heterocycles. The summed E-state index contributed by atoms with van der Waals surface area (Å²) in [5, 5.41) is 14.8. The summed E-state index contributed by atoms with van der Waals surface area (Å²) in [5.74, 6) is -3.65. The Morgan fingerprint density at radius 2 is 1.12 bits per heavy atom. The van der Waals surface area contributed by atoms with Crippen molar-refractivity contribution < 1.29 is 19.8 Å². The van der Waals surface area contributed by atoms with Gasteiger partial charge in [0.25, 0.3) is 0 Å². The Labute approximate surface area is 61.7 Å². The molecule has 0 unspecified atom stereocenters. The van der Waals surface area contributed by atoms with Gasteiger partial charge in [0.15, 0.2) is 0 Å². The zero-order valence-corrected chi connectivity index (χ0v) is 6.06. The molecule has 0 saturated heterocycles. The van der Waals surface area contributed by atoms with Gasteiger partial charge < -0.3 is 10.2 Å². The van der Waals surface area contributed by atoms with E-state index in [2.05, 4.69) is 0 Å². The lowest BCUT2D eigenvalue weighted by Crippen LogP contribution is -2.09. The molecule has 0 rings (SSSR count). The lowest BCUT2D eigenvalue weighted by molar-refractivity contribution is -0.159. The molecule has 0 aliphatic carbocycles. The molecule has 0 radical (unpaired) electrons. The van der Waals surface area contributed by atoms with Gasteiger partial charge in [-0.05, 0) is 0 Å². The number of carbonyl (C=O) groups is 2. The number of hydrogen-bond acceptors (Lipinski definition) is 2. The number of halogens is 2. The van der Waals surface area contributed by atoms with Gasteiger partial charge in [-0.1, -0.05) is 0 Å². The number of carboxylic acid groups (broad SMARTS) is 2. The van der Waals surface area contributed by atoms with Crippen LogP contribution in [0.15, 0.2) is 0 Å². The van der Waals surface area contributed by atoms with Gasteiger partial charge in [0.05, 0.1) is 0 Å². The summed E-state index contributed by atoms with van der Waals surface area (Å²) in [6.45, 7) is 0. The maximum atomic E-state index is 9.10. The molecule has 0 aliphatic heterocycles. The Bertz CT molecular complexity index is 80.0. The number of hydrogen-bond donors (Lipinski definition) is 2. The second-order valence-electron chi connectivity index (χ2n) is 0.610. The highest BCUT2D eigenvalue weighted by Gasteiger charge is 2.04. The van der Waals surface area contributed by atoms with Crippen LogP contribution >= 0.6 is 29.4 Å². The maximum absolute atomic E-state index is 9.10. The Hall–Kier alpha value is -0.290. The van der Waals surface area contributed by atoms with Gasteiger partial charge in [-0.15, -0.1) is 29.4 Å². The minimum absolute atomic E-state index is 0. The zero-order chi connectivity index (χ0) is 5.15. The third kappa shape index (κ3) is 9.20. The lowest BCUT2D eigenvalue weighted by Gasteiger charge is -1.72. The SMILES string of the molecule is Br.Cl.O=C(O)C(=O)O. The fourth-order valence-electron chi connectivity index (χ4n) is 0. The van der Waals surface area contributed by atoms with E-state index < -0.39 is 11.9 Å². The fraction of sp³-hybridized carbons (Fsp3) is 0. The van der Waals surface area contributed by atoms with E-state index in [1.807, 2.05) is 0 Å². The van der Waals surface area contributed by atoms with Crippen molar-refractivity contribution in [2.45, 2.75) is 0 Å². The summed E-state index contributed by atoms with van der Waals surface area (Å²) in [4.78, 5) is 18.2. The summed E-state index contributed by atoms with van der Waals surface area (Å²) >= 11 is 0. The molecule has 0 aromatic carbocycles. The van der Waals surface area contributed by atoms with Crippen molar-refractivity contribution in [3.8, 4) is 0 Å². The monoisotopic (exact) mass is 206 g/mol. The van der Waals surface area contributed by atoms with Crippen molar-refractivity contribution in [1.29, 1.82) is 0 Å². The van der Waals surface area contributed by atoms with Crippen LogP contribution in [0.3, 0.4) is 0 Å². The Morgan fingerprint density at radius 1 is 1.00 bits per heavy atom. The first-order valence-corrected chi connectivity index (χ1v) is 1.11. The third-order valence-corrected chi connectivity index (χ3v) is 0.183. The van der Waals surface area contributed by atoms with E-state index in [0.29, 0.717) is 0 Å². The maximum Gasteiger partial charge on any atom is 0.414 e. The topological polar surface area (TPSA) is 74.6 Å². The molecule has 0 spiro atoms. The molecule has 0 fully saturated rings. The van der Waals surface area contributed by atoms with Crippen molar-refractivity contribution in [2.24, 2.45) is 0 Å². The van der Waals surface area contributed by atoms with Gasteiger partial charge in [0.2, 0.25) is 0 Å². The smallest absolute Gasteiger partial charge is 0.414 e. The van der Waals surface area contributed by atoms with Crippen LogP contribution in [0.1, 0.15) is 0 Å². The molecular weight excluding hydrogens is 203 g/mol. The second kappa shape index (κ2) is 6.71. The van der Waals surface area contributed by atoms with E-state index >= 15 is 0 Å². The lowest BCUT2D eigenvalue weighted by atomic mass is 10.7. The van der Waals surface area contributed by atoms with Gasteiger partial charge in [0, 0.05) is 0 Å². The predicted octanol–water partition coefficient (Wildman–Crippen LogP) is 0.155. The molecule has 0 bridgehead atoms. The average molecular weight is 207 g/mol. The highest BCUT2D eigenvalue weighted by molar-refractivity contribution is 8.93. The van der Waals surface area contributed by atoms with Crippen molar-refractivity contribution >= 4 is 41.3 Å². The zero-order valence-electron chi connectivity index (χ0n) is 3.53. The van der Waals surface area contributed by atoms with Crippen molar-refractivity contribution in [3.05, 3.63) is 0 Å². The van der Waals surface area contributed by atoms with Gasteiger partial charge in [-0.25, -0.2) is 9.59 Å². The molecule has 0 heterocycles. The minimum Gasteiger partial charge on any atom is -0.473 e. The first-order chi connectivity index (χ1) is 2.64. The Kier molecular flexibility index (Phi) is 13.1. The molecule has 0 aliphatic rings. The van der Waals surface area contributed by atoms with E-state index in [9.17, 15) is 0 Å². The first-order valence-electron chi connectivity index (χ1n) is 1.11. The molecule has 6 heteroatoms. The van der Waals surface area contributed by atoms with E-state index in [1.165, 1.54) is 0 Å². The molecule has 4 nitrogen and oxygen atoms in total. The van der Waals surface area contributed by atoms with Crippen LogP contribution in [0, 0.1) is 0 Å². The highest BCUT2D eigenvalue weighted by atomic mass is 79.9. The Balaban J connectivity index is -0.000000125. The average Bonchev–Trinajstić information content (AvgIpc) is 1.36. The summed E-state index contributed by atoms with van der Waals surface area (Å²) in [6.07, 6.45) is 0. The summed E-state index contributed by atoms with van der Waals surface area (Å²) in [6, 6.07) is 0. The first kappa shape index (κ1) is 15.6. The van der Waals surface area contributed by atoms with Crippen molar-refractivity contribution in [3.63, 3.8) is 0 Å². The normalized spacial score (nSPS) is 5.50. The molecule has 50 valence electrons. The number of rotatable bonds is 0. The second-order valence-corrected chi connectivity index (χ2v) is 0.610. The van der Waals surface area contributed by atoms with Gasteiger partial charge in [-0.2, -0.15) is 0 Å². The largest absolute Gasteiger partial charge is 0.473 e. The molecule has 8 heavy (non-hydrogen) atoms. The van der Waals surface area contributed by atoms with Crippen LogP contribution in [0.25, 0.3) is 0 Å². The van der Waals surface area contributed by atoms with Crippen molar-refractivity contribution in [2.75, 3.05) is 0 Å². The van der Waals surface area contributed by atoms with Crippen LogP contribution in [-0.2, 0) is 9.59 Å². The minimum atomic E-state index is -1.82. The van der Waals surface area contributed by atoms with Gasteiger partial charge in [-0.3, -0.25) is 0 Å². The van der Waals surface area contributed by atoms with Gasteiger partial charge in [0.1, 0.15) is 0 Å². The fourth-order valence-corrected chi connectivity index (χ4v) is 0. The summed E-state index contributed by atoms with van der Waals surface area (Å²) < 4.78 is 0. The Morgan fingerprint density at radius 3 is 1.12 bits per heavy atom. The van der Waals surface area contributed by atoms with Crippen LogP contribution in [-0.4, -0.2) is 22.2 Å². The van der Waals surface area contributed by atoms with Crippen LogP contribution in [0.4, 0.5) is 0 Å². The van der Waals surface area contributed by atoms with Crippen LogP contribution in [0.5, 0.6) is 0 Å². The molecule has 0 aromatic rings. The standard InChI is InChI=1S/C2H2O4.BrH.ClH/c3-1(4)2(5)6;;/h(H,3,4)(H,5,6);2*1H. The number of aliphatic carboxylic acids is 2. The summed E-state index contributed by atoms with van der Waals surface area (Å²) in [5.41, 5.74) is 0. The molecule has 0 saturated carbocycles. The summed E-state index contributed by atoms with van der Waals surface area (Å²) in [7, 11) is 0. The van der Waals surface area contributed by atoms with E-state index in [1.54, 1.807) is 0 Å².